The number of hydrogen-bond acceptors (Lipinski definition) is 6. The lowest BCUT2D eigenvalue weighted by Gasteiger charge is -2.17. The number of aromatic nitrogens is 6. The predicted molar refractivity (Wildman–Crippen MR) is 102 cm³/mol. The highest BCUT2D eigenvalue weighted by Crippen LogP contribution is 2.29. The summed E-state index contributed by atoms with van der Waals surface area (Å²) in [6.45, 7) is 1.42. The van der Waals surface area contributed by atoms with Crippen LogP contribution in [-0.2, 0) is 18.9 Å². The molecular formula is C17H21ClN8O. The second-order valence-corrected chi connectivity index (χ2v) is 6.51. The summed E-state index contributed by atoms with van der Waals surface area (Å²) in [6.07, 6.45) is 3.80. The molecule has 0 spiro atoms. The number of nitrogens with one attached hydrogen (secondary N) is 2. The Labute approximate surface area is 162 Å². The summed E-state index contributed by atoms with van der Waals surface area (Å²) in [4.78, 5) is 12.8. The van der Waals surface area contributed by atoms with E-state index in [-0.39, 0.29) is 30.2 Å². The highest BCUT2D eigenvalue weighted by Gasteiger charge is 2.34. The topological polar surface area (TPSA) is 103 Å². The lowest BCUT2D eigenvalue weighted by molar-refractivity contribution is -0.119. The number of nitrogens with zero attached hydrogens (tertiary/aromatic N) is 6. The van der Waals surface area contributed by atoms with Gasteiger partial charge in [0.2, 0.25) is 5.91 Å². The maximum absolute atomic E-state index is 12.8. The molecule has 1 amide bonds. The molecule has 0 aliphatic carbocycles. The van der Waals surface area contributed by atoms with Crippen LogP contribution in [0.5, 0.6) is 0 Å². The number of halogens is 1. The van der Waals surface area contributed by atoms with E-state index in [2.05, 4.69) is 31.3 Å². The fourth-order valence-electron chi connectivity index (χ4n) is 3.38. The lowest BCUT2D eigenvalue weighted by Crippen LogP contribution is -2.28. The summed E-state index contributed by atoms with van der Waals surface area (Å²) >= 11 is 0. The zero-order valence-electron chi connectivity index (χ0n) is 15.0. The Balaban J connectivity index is 0.00000210. The maximum Gasteiger partial charge on any atom is 0.229 e. The fourth-order valence-corrected chi connectivity index (χ4v) is 3.38. The van der Waals surface area contributed by atoms with Crippen molar-refractivity contribution in [2.45, 2.75) is 5.92 Å². The quantitative estimate of drug-likeness (QED) is 0.690. The highest BCUT2D eigenvalue weighted by atomic mass is 35.5. The molecule has 0 unspecified atom stereocenters. The van der Waals surface area contributed by atoms with E-state index in [1.54, 1.807) is 16.4 Å². The molecule has 2 atom stereocenters. The van der Waals surface area contributed by atoms with Gasteiger partial charge in [0.1, 0.15) is 0 Å². The molecule has 3 aromatic rings. The first-order valence-electron chi connectivity index (χ1n) is 8.45. The smallest absolute Gasteiger partial charge is 0.229 e. The van der Waals surface area contributed by atoms with Crippen LogP contribution in [0.1, 0.15) is 11.5 Å². The minimum absolute atomic E-state index is 0. The van der Waals surface area contributed by atoms with Crippen LogP contribution < -0.4 is 10.6 Å². The van der Waals surface area contributed by atoms with Crippen LogP contribution in [0.3, 0.4) is 0 Å². The van der Waals surface area contributed by atoms with Gasteiger partial charge in [0, 0.05) is 50.6 Å². The van der Waals surface area contributed by atoms with Crippen molar-refractivity contribution in [1.82, 2.24) is 35.3 Å². The molecule has 9 nitrogen and oxygen atoms in total. The first-order chi connectivity index (χ1) is 12.6. The minimum Gasteiger partial charge on any atom is -0.326 e. The fraction of sp³-hybridized carbons (Fsp3) is 0.353. The van der Waals surface area contributed by atoms with Gasteiger partial charge in [0.05, 0.1) is 12.1 Å². The number of aryl methyl sites for hydroxylation is 2. The van der Waals surface area contributed by atoms with E-state index in [1.165, 1.54) is 0 Å². The van der Waals surface area contributed by atoms with Crippen molar-refractivity contribution < 1.29 is 4.79 Å². The summed E-state index contributed by atoms with van der Waals surface area (Å²) in [6, 6.07) is 7.54. The van der Waals surface area contributed by atoms with E-state index in [0.717, 1.165) is 23.4 Å². The average Bonchev–Trinajstić information content (AvgIpc) is 3.35. The number of hydrogen-bond donors (Lipinski definition) is 2. The largest absolute Gasteiger partial charge is 0.326 e. The van der Waals surface area contributed by atoms with E-state index >= 15 is 0 Å². The molecule has 27 heavy (non-hydrogen) atoms. The Kier molecular flexibility index (Phi) is 5.52. The SMILES string of the molecule is Cl.Cn1cc([C@H]2CNC[C@@H]2C(=O)Nc2cccc(-c3nnnn3C)c2)cn1. The van der Waals surface area contributed by atoms with Crippen molar-refractivity contribution in [3.8, 4) is 11.4 Å². The first-order valence-corrected chi connectivity index (χ1v) is 8.45. The molecule has 2 aromatic heterocycles. The molecule has 1 aromatic carbocycles. The van der Waals surface area contributed by atoms with Gasteiger partial charge in [-0.1, -0.05) is 12.1 Å². The number of anilines is 1. The molecule has 4 rings (SSSR count). The average molecular weight is 389 g/mol. The van der Waals surface area contributed by atoms with Crippen molar-refractivity contribution >= 4 is 24.0 Å². The summed E-state index contributed by atoms with van der Waals surface area (Å²) in [5, 5.41) is 22.1. The van der Waals surface area contributed by atoms with Crippen LogP contribution in [0, 0.1) is 5.92 Å². The predicted octanol–water partition coefficient (Wildman–Crippen LogP) is 0.974. The first kappa shape index (κ1) is 19.0. The van der Waals surface area contributed by atoms with E-state index in [0.29, 0.717) is 12.4 Å². The second-order valence-electron chi connectivity index (χ2n) is 6.51. The number of tetrazole rings is 1. The zero-order valence-corrected chi connectivity index (χ0v) is 15.8. The number of rotatable bonds is 4. The van der Waals surface area contributed by atoms with Crippen LogP contribution in [-0.4, -0.2) is 49.0 Å². The Morgan fingerprint density at radius 1 is 1.30 bits per heavy atom. The number of carbonyl (C=O) groups is 1. The zero-order chi connectivity index (χ0) is 18.1. The van der Waals surface area contributed by atoms with Crippen LogP contribution in [0.2, 0.25) is 0 Å². The number of carbonyl (C=O) groups excluding carboxylic acids is 1. The Morgan fingerprint density at radius 2 is 2.15 bits per heavy atom. The number of benzene rings is 1. The molecule has 10 heteroatoms. The van der Waals surface area contributed by atoms with Crippen molar-refractivity contribution in [2.24, 2.45) is 20.0 Å². The van der Waals surface area contributed by atoms with E-state index in [9.17, 15) is 4.79 Å². The molecule has 1 fully saturated rings. The molecule has 0 radical (unpaired) electrons. The highest BCUT2D eigenvalue weighted by molar-refractivity contribution is 5.94. The molecule has 0 bridgehead atoms. The normalized spacial score (nSPS) is 18.9. The standard InChI is InChI=1S/C17H20N8O.ClH/c1-24-10-12(7-19-24)14-8-18-9-15(14)17(26)20-13-5-3-4-11(6-13)16-21-22-23-25(16)2;/h3-7,10,14-15,18H,8-9H2,1-2H3,(H,20,26);1H/t14-,15+;/m1./s1. The summed E-state index contributed by atoms with van der Waals surface area (Å²) in [5.74, 6) is 0.628. The summed E-state index contributed by atoms with van der Waals surface area (Å²) in [5.41, 5.74) is 2.66. The Hall–Kier alpha value is -2.78. The van der Waals surface area contributed by atoms with Crippen LogP contribution in [0.4, 0.5) is 5.69 Å². The molecule has 3 heterocycles. The lowest BCUT2D eigenvalue weighted by atomic mass is 9.90. The van der Waals surface area contributed by atoms with Crippen molar-refractivity contribution in [1.29, 1.82) is 0 Å². The van der Waals surface area contributed by atoms with Gasteiger partial charge in [-0.25, -0.2) is 4.68 Å². The summed E-state index contributed by atoms with van der Waals surface area (Å²) in [7, 11) is 3.66. The van der Waals surface area contributed by atoms with Gasteiger partial charge in [-0.2, -0.15) is 5.10 Å². The second kappa shape index (κ2) is 7.85. The van der Waals surface area contributed by atoms with Gasteiger partial charge < -0.3 is 10.6 Å². The molecule has 142 valence electrons. The third kappa shape index (κ3) is 3.83. The van der Waals surface area contributed by atoms with Crippen molar-refractivity contribution in [2.75, 3.05) is 18.4 Å². The molecule has 1 aliphatic heterocycles. The summed E-state index contributed by atoms with van der Waals surface area (Å²) < 4.78 is 3.36. The Bertz CT molecular complexity index is 936. The Morgan fingerprint density at radius 3 is 2.85 bits per heavy atom. The minimum atomic E-state index is -0.139. The molecule has 1 saturated heterocycles. The molecule has 1 aliphatic rings. The van der Waals surface area contributed by atoms with Crippen LogP contribution in [0.25, 0.3) is 11.4 Å². The van der Waals surface area contributed by atoms with Gasteiger partial charge in [0.25, 0.3) is 0 Å². The third-order valence-electron chi connectivity index (χ3n) is 4.71. The number of amides is 1. The third-order valence-corrected chi connectivity index (χ3v) is 4.71. The van der Waals surface area contributed by atoms with Crippen molar-refractivity contribution in [3.05, 3.63) is 42.2 Å². The van der Waals surface area contributed by atoms with Gasteiger partial charge >= 0.3 is 0 Å². The van der Waals surface area contributed by atoms with E-state index in [1.807, 2.05) is 43.7 Å². The van der Waals surface area contributed by atoms with E-state index in [4.69, 9.17) is 0 Å². The van der Waals surface area contributed by atoms with Gasteiger partial charge in [0.15, 0.2) is 5.82 Å². The van der Waals surface area contributed by atoms with Gasteiger partial charge in [-0.15, -0.1) is 17.5 Å². The molecule has 2 N–H and O–H groups in total. The molecular weight excluding hydrogens is 368 g/mol. The molecule has 0 saturated carbocycles. The van der Waals surface area contributed by atoms with Crippen LogP contribution >= 0.6 is 12.4 Å². The van der Waals surface area contributed by atoms with Crippen LogP contribution in [0.15, 0.2) is 36.7 Å². The van der Waals surface area contributed by atoms with E-state index < -0.39 is 0 Å². The maximum atomic E-state index is 12.8. The van der Waals surface area contributed by atoms with Gasteiger partial charge in [-0.3, -0.25) is 9.48 Å². The monoisotopic (exact) mass is 388 g/mol. The van der Waals surface area contributed by atoms with Crippen molar-refractivity contribution in [3.63, 3.8) is 0 Å². The van der Waals surface area contributed by atoms with Gasteiger partial charge in [-0.05, 0) is 28.1 Å².